The molecule has 116 valence electrons. The molecular weight excluding hydrogens is 285 g/mol. The van der Waals surface area contributed by atoms with Crippen molar-refractivity contribution in [3.63, 3.8) is 0 Å². The van der Waals surface area contributed by atoms with Gasteiger partial charge in [0.05, 0.1) is 5.56 Å². The van der Waals surface area contributed by atoms with Gasteiger partial charge in [0.15, 0.2) is 0 Å². The molecule has 0 radical (unpaired) electrons. The van der Waals surface area contributed by atoms with Gasteiger partial charge in [0.1, 0.15) is 12.4 Å². The molecule has 1 aliphatic rings. The summed E-state index contributed by atoms with van der Waals surface area (Å²) in [5.74, 6) is 0.288. The molecule has 2 aromatic rings. The van der Waals surface area contributed by atoms with E-state index in [0.29, 0.717) is 5.92 Å². The third kappa shape index (κ3) is 3.13. The van der Waals surface area contributed by atoms with Crippen LogP contribution in [0.4, 0.5) is 4.39 Å². The zero-order chi connectivity index (χ0) is 15.5. The molecule has 0 aliphatic carbocycles. The lowest BCUT2D eigenvalue weighted by molar-refractivity contribution is -0.134. The SMILES string of the molecule is C[C@@H]1CCCN(C(=O)Cn2nnc(-c3ccccc3F)n2)C1. The Morgan fingerprint density at radius 2 is 2.23 bits per heavy atom. The molecule has 1 aliphatic heterocycles. The zero-order valence-corrected chi connectivity index (χ0v) is 12.4. The van der Waals surface area contributed by atoms with Gasteiger partial charge in [0.2, 0.25) is 11.7 Å². The number of piperidine rings is 1. The number of rotatable bonds is 3. The Morgan fingerprint density at radius 1 is 1.41 bits per heavy atom. The monoisotopic (exact) mass is 303 g/mol. The fraction of sp³-hybridized carbons (Fsp3) is 0.467. The van der Waals surface area contributed by atoms with Crippen LogP contribution >= 0.6 is 0 Å². The molecule has 1 atom stereocenters. The van der Waals surface area contributed by atoms with Crippen molar-refractivity contribution in [3.05, 3.63) is 30.1 Å². The summed E-state index contributed by atoms with van der Waals surface area (Å²) >= 11 is 0. The highest BCUT2D eigenvalue weighted by atomic mass is 19.1. The minimum Gasteiger partial charge on any atom is -0.341 e. The molecule has 1 aromatic carbocycles. The van der Waals surface area contributed by atoms with Crippen molar-refractivity contribution in [1.82, 2.24) is 25.1 Å². The summed E-state index contributed by atoms with van der Waals surface area (Å²) in [5.41, 5.74) is 0.285. The maximum atomic E-state index is 13.7. The molecule has 1 saturated heterocycles. The summed E-state index contributed by atoms with van der Waals surface area (Å²) in [7, 11) is 0. The first-order valence-corrected chi connectivity index (χ1v) is 7.44. The van der Waals surface area contributed by atoms with Crippen molar-refractivity contribution in [1.29, 1.82) is 0 Å². The number of tetrazole rings is 1. The minimum absolute atomic E-state index is 0.0240. The predicted octanol–water partition coefficient (Wildman–Crippen LogP) is 1.74. The van der Waals surface area contributed by atoms with Crippen molar-refractivity contribution in [2.24, 2.45) is 5.92 Å². The van der Waals surface area contributed by atoms with Crippen molar-refractivity contribution >= 4 is 5.91 Å². The molecule has 1 fully saturated rings. The Labute approximate surface area is 127 Å². The van der Waals surface area contributed by atoms with E-state index in [2.05, 4.69) is 22.3 Å². The Hall–Kier alpha value is -2.31. The lowest BCUT2D eigenvalue weighted by atomic mass is 10.0. The largest absolute Gasteiger partial charge is 0.341 e. The molecule has 2 heterocycles. The molecule has 0 N–H and O–H groups in total. The molecule has 0 bridgehead atoms. The van der Waals surface area contributed by atoms with Crippen LogP contribution < -0.4 is 0 Å². The minimum atomic E-state index is -0.404. The van der Waals surface area contributed by atoms with Crippen molar-refractivity contribution in [2.45, 2.75) is 26.3 Å². The topological polar surface area (TPSA) is 63.9 Å². The molecule has 22 heavy (non-hydrogen) atoms. The summed E-state index contributed by atoms with van der Waals surface area (Å²) in [4.78, 5) is 15.3. The Morgan fingerprint density at radius 3 is 3.00 bits per heavy atom. The fourth-order valence-corrected chi connectivity index (χ4v) is 2.70. The lowest BCUT2D eigenvalue weighted by Crippen LogP contribution is -2.41. The fourth-order valence-electron chi connectivity index (χ4n) is 2.70. The Kier molecular flexibility index (Phi) is 4.13. The molecule has 7 heteroatoms. The summed E-state index contributed by atoms with van der Waals surface area (Å²) < 4.78 is 13.7. The lowest BCUT2D eigenvalue weighted by Gasteiger charge is -2.30. The third-order valence-electron chi connectivity index (χ3n) is 3.85. The average Bonchev–Trinajstić information content (AvgIpc) is 2.96. The van der Waals surface area contributed by atoms with E-state index < -0.39 is 5.82 Å². The van der Waals surface area contributed by atoms with E-state index in [1.165, 1.54) is 10.9 Å². The second-order valence-corrected chi connectivity index (χ2v) is 5.71. The highest BCUT2D eigenvalue weighted by Gasteiger charge is 2.22. The Bertz CT molecular complexity index is 671. The molecule has 6 nitrogen and oxygen atoms in total. The number of aromatic nitrogens is 4. The number of amides is 1. The number of carbonyl (C=O) groups is 1. The van der Waals surface area contributed by atoms with E-state index >= 15 is 0 Å². The molecule has 1 amide bonds. The van der Waals surface area contributed by atoms with E-state index in [-0.39, 0.29) is 23.8 Å². The third-order valence-corrected chi connectivity index (χ3v) is 3.85. The van der Waals surface area contributed by atoms with Crippen molar-refractivity contribution in [3.8, 4) is 11.4 Å². The van der Waals surface area contributed by atoms with Crippen LogP contribution in [0.2, 0.25) is 0 Å². The second-order valence-electron chi connectivity index (χ2n) is 5.71. The molecule has 1 aromatic heterocycles. The standard InChI is InChI=1S/C15H18FN5O/c1-11-5-4-8-20(9-11)14(22)10-21-18-15(17-19-21)12-6-2-3-7-13(12)16/h2-3,6-7,11H,4-5,8-10H2,1H3/t11-/m1/s1. The number of hydrogen-bond acceptors (Lipinski definition) is 4. The number of nitrogens with zero attached hydrogens (tertiary/aromatic N) is 5. The maximum absolute atomic E-state index is 13.7. The number of halogens is 1. The Balaban J connectivity index is 1.69. The van der Waals surface area contributed by atoms with Crippen LogP contribution in [0.15, 0.2) is 24.3 Å². The highest BCUT2D eigenvalue weighted by molar-refractivity contribution is 5.75. The van der Waals surface area contributed by atoms with Gasteiger partial charge in [-0.15, -0.1) is 10.2 Å². The molecule has 3 rings (SSSR count). The molecule has 0 spiro atoms. The van der Waals surface area contributed by atoms with E-state index in [9.17, 15) is 9.18 Å². The average molecular weight is 303 g/mol. The molecule has 0 saturated carbocycles. The highest BCUT2D eigenvalue weighted by Crippen LogP contribution is 2.18. The van der Waals surface area contributed by atoms with E-state index in [0.717, 1.165) is 25.9 Å². The van der Waals surface area contributed by atoms with E-state index in [4.69, 9.17) is 0 Å². The first kappa shape index (κ1) is 14.6. The summed E-state index contributed by atoms with van der Waals surface area (Å²) in [6.45, 7) is 3.73. The quantitative estimate of drug-likeness (QED) is 0.866. The predicted molar refractivity (Wildman–Crippen MR) is 78.2 cm³/mol. The number of benzene rings is 1. The van der Waals surface area contributed by atoms with Crippen LogP contribution in [-0.4, -0.2) is 44.1 Å². The van der Waals surface area contributed by atoms with Gasteiger partial charge in [-0.3, -0.25) is 4.79 Å². The number of likely N-dealkylation sites (tertiary alicyclic amines) is 1. The molecular formula is C15H18FN5O. The van der Waals surface area contributed by atoms with Gasteiger partial charge >= 0.3 is 0 Å². The van der Waals surface area contributed by atoms with E-state index in [1.807, 2.05) is 4.90 Å². The normalized spacial score (nSPS) is 18.5. The first-order chi connectivity index (χ1) is 10.6. The van der Waals surface area contributed by atoms with Crippen molar-refractivity contribution < 1.29 is 9.18 Å². The summed E-state index contributed by atoms with van der Waals surface area (Å²) in [6.07, 6.45) is 2.18. The van der Waals surface area contributed by atoms with Crippen LogP contribution in [0.1, 0.15) is 19.8 Å². The van der Waals surface area contributed by atoms with Gasteiger partial charge in [0.25, 0.3) is 0 Å². The van der Waals surface area contributed by atoms with Gasteiger partial charge < -0.3 is 4.90 Å². The van der Waals surface area contributed by atoms with Crippen LogP contribution in [0.3, 0.4) is 0 Å². The van der Waals surface area contributed by atoms with Crippen LogP contribution in [0.25, 0.3) is 11.4 Å². The van der Waals surface area contributed by atoms with Crippen LogP contribution in [-0.2, 0) is 11.3 Å². The van der Waals surface area contributed by atoms with Crippen LogP contribution in [0.5, 0.6) is 0 Å². The van der Waals surface area contributed by atoms with Gasteiger partial charge in [0, 0.05) is 13.1 Å². The van der Waals surface area contributed by atoms with Gasteiger partial charge in [-0.25, -0.2) is 4.39 Å². The van der Waals surface area contributed by atoms with Gasteiger partial charge in [-0.2, -0.15) is 4.80 Å². The first-order valence-electron chi connectivity index (χ1n) is 7.44. The summed E-state index contributed by atoms with van der Waals surface area (Å²) in [6, 6.07) is 6.24. The number of carbonyl (C=O) groups excluding carboxylic acids is 1. The van der Waals surface area contributed by atoms with E-state index in [1.54, 1.807) is 18.2 Å². The summed E-state index contributed by atoms with van der Waals surface area (Å²) in [5, 5.41) is 11.8. The zero-order valence-electron chi connectivity index (χ0n) is 12.4. The maximum Gasteiger partial charge on any atom is 0.246 e. The van der Waals surface area contributed by atoms with Crippen LogP contribution in [0, 0.1) is 11.7 Å². The smallest absolute Gasteiger partial charge is 0.246 e. The second kappa shape index (κ2) is 6.21. The van der Waals surface area contributed by atoms with Gasteiger partial charge in [-0.05, 0) is 36.1 Å². The molecule has 0 unspecified atom stereocenters. The van der Waals surface area contributed by atoms with Crippen molar-refractivity contribution in [2.75, 3.05) is 13.1 Å². The number of hydrogen-bond donors (Lipinski definition) is 0. The van der Waals surface area contributed by atoms with Gasteiger partial charge in [-0.1, -0.05) is 19.1 Å².